The zero-order valence-corrected chi connectivity index (χ0v) is 9.27. The molecule has 0 saturated carbocycles. The molecule has 0 amide bonds. The number of benzene rings is 1. The van der Waals surface area contributed by atoms with Crippen LogP contribution in [-0.2, 0) is 4.79 Å². The summed E-state index contributed by atoms with van der Waals surface area (Å²) in [5, 5.41) is 28.1. The van der Waals surface area contributed by atoms with Crippen LogP contribution in [0.4, 0.5) is 0 Å². The van der Waals surface area contributed by atoms with Crippen LogP contribution in [0.1, 0.15) is 18.9 Å². The van der Waals surface area contributed by atoms with Gasteiger partial charge < -0.3 is 20.8 Å². The summed E-state index contributed by atoms with van der Waals surface area (Å²) in [7, 11) is 0. The second-order valence-corrected chi connectivity index (χ2v) is 3.98. The van der Waals surface area contributed by atoms with Gasteiger partial charge in [0, 0.05) is 18.1 Å². The van der Waals surface area contributed by atoms with Gasteiger partial charge in [0.15, 0.2) is 5.78 Å². The van der Waals surface area contributed by atoms with Crippen molar-refractivity contribution in [2.75, 3.05) is 0 Å². The maximum Gasteiger partial charge on any atom is 0.192 e. The van der Waals surface area contributed by atoms with E-state index in [1.807, 2.05) is 0 Å². The van der Waals surface area contributed by atoms with Gasteiger partial charge in [-0.15, -0.1) is 0 Å². The lowest BCUT2D eigenvalue weighted by Crippen LogP contribution is -2.14. The Labute approximate surface area is 98.0 Å². The Balaban J connectivity index is 0.00000144. The summed E-state index contributed by atoms with van der Waals surface area (Å²) in [6, 6.07) is 3.98. The summed E-state index contributed by atoms with van der Waals surface area (Å²) in [6.45, 7) is 1.75. The van der Waals surface area contributed by atoms with Gasteiger partial charge in [0.1, 0.15) is 17.6 Å². The fourth-order valence-electron chi connectivity index (χ4n) is 1.99. The first-order valence-corrected chi connectivity index (χ1v) is 4.94. The van der Waals surface area contributed by atoms with Crippen molar-refractivity contribution in [3.05, 3.63) is 29.3 Å². The summed E-state index contributed by atoms with van der Waals surface area (Å²) in [4.78, 5) is 11.7. The standard InChI is InChI=1S/C12H12O4.H2O/c1-6-2-10(15)12(16)11(6)7-3-8(13)5-9(14)4-7;/h3-5,10,13-15H,2H2,1H3;1H2/t10-;/m0./s1. The number of Topliss-reactive ketones (excluding diaryl/α,β-unsaturated/α-hetero) is 1. The Morgan fingerprint density at radius 1 is 1.18 bits per heavy atom. The first kappa shape index (κ1) is 13.2. The highest BCUT2D eigenvalue weighted by Crippen LogP contribution is 2.34. The molecule has 1 aromatic carbocycles. The van der Waals surface area contributed by atoms with Gasteiger partial charge in [-0.3, -0.25) is 4.79 Å². The lowest BCUT2D eigenvalue weighted by molar-refractivity contribution is -0.120. The van der Waals surface area contributed by atoms with Crippen LogP contribution in [0.5, 0.6) is 11.5 Å². The highest BCUT2D eigenvalue weighted by molar-refractivity contribution is 6.25. The maximum atomic E-state index is 11.7. The molecule has 0 saturated heterocycles. The predicted molar refractivity (Wildman–Crippen MR) is 61.6 cm³/mol. The molecule has 0 spiro atoms. The Bertz CT molecular complexity index is 469. The first-order valence-electron chi connectivity index (χ1n) is 4.94. The Morgan fingerprint density at radius 3 is 2.12 bits per heavy atom. The molecule has 0 unspecified atom stereocenters. The van der Waals surface area contributed by atoms with Gasteiger partial charge >= 0.3 is 0 Å². The number of aromatic hydroxyl groups is 2. The number of carbonyl (C=O) groups excluding carboxylic acids is 1. The molecular formula is C12H14O5. The molecule has 0 fully saturated rings. The third-order valence-corrected chi connectivity index (χ3v) is 2.67. The van der Waals surface area contributed by atoms with E-state index in [1.165, 1.54) is 18.2 Å². The zero-order chi connectivity index (χ0) is 11.9. The van der Waals surface area contributed by atoms with Gasteiger partial charge in [-0.1, -0.05) is 5.57 Å². The van der Waals surface area contributed by atoms with Crippen LogP contribution in [0.15, 0.2) is 23.8 Å². The molecule has 5 heteroatoms. The third-order valence-electron chi connectivity index (χ3n) is 2.67. The molecule has 0 aromatic heterocycles. The zero-order valence-electron chi connectivity index (χ0n) is 9.27. The molecule has 0 heterocycles. The lowest BCUT2D eigenvalue weighted by Gasteiger charge is -2.05. The largest absolute Gasteiger partial charge is 0.508 e. The normalized spacial score (nSPS) is 19.4. The van der Waals surface area contributed by atoms with Crippen LogP contribution >= 0.6 is 0 Å². The summed E-state index contributed by atoms with van der Waals surface area (Å²) < 4.78 is 0. The molecule has 1 aromatic rings. The van der Waals surface area contributed by atoms with E-state index in [0.717, 1.165) is 5.57 Å². The van der Waals surface area contributed by atoms with Crippen molar-refractivity contribution >= 4 is 11.4 Å². The fraction of sp³-hybridized carbons (Fsp3) is 0.250. The number of aliphatic hydroxyl groups is 1. The summed E-state index contributed by atoms with van der Waals surface area (Å²) in [6.07, 6.45) is -0.690. The number of phenolic OH excluding ortho intramolecular Hbond substituents is 2. The number of aliphatic hydroxyl groups excluding tert-OH is 1. The van der Waals surface area contributed by atoms with Crippen LogP contribution in [0.2, 0.25) is 0 Å². The maximum absolute atomic E-state index is 11.7. The number of hydrogen-bond acceptors (Lipinski definition) is 4. The van der Waals surface area contributed by atoms with E-state index in [0.29, 0.717) is 17.6 Å². The van der Waals surface area contributed by atoms with E-state index in [1.54, 1.807) is 6.92 Å². The monoisotopic (exact) mass is 238 g/mol. The van der Waals surface area contributed by atoms with Gasteiger partial charge in [-0.05, 0) is 24.6 Å². The van der Waals surface area contributed by atoms with Crippen molar-refractivity contribution in [1.29, 1.82) is 0 Å². The van der Waals surface area contributed by atoms with Crippen LogP contribution in [0, 0.1) is 0 Å². The number of hydrogen-bond donors (Lipinski definition) is 3. The predicted octanol–water partition coefficient (Wildman–Crippen LogP) is 0.380. The van der Waals surface area contributed by atoms with E-state index < -0.39 is 6.10 Å². The fourth-order valence-corrected chi connectivity index (χ4v) is 1.99. The van der Waals surface area contributed by atoms with Crippen molar-refractivity contribution in [2.24, 2.45) is 0 Å². The summed E-state index contributed by atoms with van der Waals surface area (Å²) in [5.41, 5.74) is 1.60. The van der Waals surface area contributed by atoms with Crippen molar-refractivity contribution in [3.63, 3.8) is 0 Å². The van der Waals surface area contributed by atoms with Crippen LogP contribution in [0.25, 0.3) is 5.57 Å². The van der Waals surface area contributed by atoms with Crippen LogP contribution in [-0.4, -0.2) is 32.7 Å². The number of phenols is 2. The SMILES string of the molecule is CC1=C(c2cc(O)cc(O)c2)C(=O)[C@@H](O)C1.O. The molecule has 17 heavy (non-hydrogen) atoms. The minimum atomic E-state index is -1.00. The average molecular weight is 238 g/mol. The van der Waals surface area contributed by atoms with Gasteiger partial charge in [-0.25, -0.2) is 0 Å². The molecule has 1 atom stereocenters. The van der Waals surface area contributed by atoms with Crippen molar-refractivity contribution in [3.8, 4) is 11.5 Å². The molecule has 1 aliphatic rings. The molecule has 2 rings (SSSR count). The Morgan fingerprint density at radius 2 is 1.71 bits per heavy atom. The first-order chi connectivity index (χ1) is 7.49. The second-order valence-electron chi connectivity index (χ2n) is 3.98. The van der Waals surface area contributed by atoms with Crippen molar-refractivity contribution in [2.45, 2.75) is 19.4 Å². The van der Waals surface area contributed by atoms with Gasteiger partial charge in [0.05, 0.1) is 0 Å². The van der Waals surface area contributed by atoms with E-state index in [2.05, 4.69) is 0 Å². The Hall–Kier alpha value is -1.85. The van der Waals surface area contributed by atoms with Crippen molar-refractivity contribution < 1.29 is 25.6 Å². The Kier molecular flexibility index (Phi) is 3.55. The summed E-state index contributed by atoms with van der Waals surface area (Å²) >= 11 is 0. The molecule has 5 nitrogen and oxygen atoms in total. The quantitative estimate of drug-likeness (QED) is 0.657. The molecular weight excluding hydrogens is 224 g/mol. The molecule has 0 aliphatic heterocycles. The van der Waals surface area contributed by atoms with E-state index in [9.17, 15) is 20.1 Å². The third kappa shape index (κ3) is 2.30. The second kappa shape index (κ2) is 4.57. The topological polar surface area (TPSA) is 109 Å². The van der Waals surface area contributed by atoms with Crippen molar-refractivity contribution in [1.82, 2.24) is 0 Å². The van der Waals surface area contributed by atoms with Gasteiger partial charge in [0.25, 0.3) is 0 Å². The molecule has 0 bridgehead atoms. The lowest BCUT2D eigenvalue weighted by atomic mass is 10.0. The molecule has 1 aliphatic carbocycles. The smallest absolute Gasteiger partial charge is 0.192 e. The van der Waals surface area contributed by atoms with Crippen LogP contribution < -0.4 is 0 Å². The van der Waals surface area contributed by atoms with E-state index in [-0.39, 0.29) is 22.8 Å². The van der Waals surface area contributed by atoms with Gasteiger partial charge in [-0.2, -0.15) is 0 Å². The molecule has 5 N–H and O–H groups in total. The summed E-state index contributed by atoms with van der Waals surface area (Å²) in [5.74, 6) is -0.573. The molecule has 0 radical (unpaired) electrons. The number of carbonyl (C=O) groups is 1. The highest BCUT2D eigenvalue weighted by atomic mass is 16.3. The minimum Gasteiger partial charge on any atom is -0.508 e. The number of rotatable bonds is 1. The minimum absolute atomic E-state index is 0. The van der Waals surface area contributed by atoms with Gasteiger partial charge in [0.2, 0.25) is 0 Å². The number of ketones is 1. The van der Waals surface area contributed by atoms with E-state index >= 15 is 0 Å². The highest BCUT2D eigenvalue weighted by Gasteiger charge is 2.30. The molecule has 92 valence electrons. The van der Waals surface area contributed by atoms with E-state index in [4.69, 9.17) is 0 Å². The van der Waals surface area contributed by atoms with Crippen LogP contribution in [0.3, 0.4) is 0 Å². The average Bonchev–Trinajstić information content (AvgIpc) is 2.39.